The average molecular weight is 597 g/mol. The monoisotopic (exact) mass is 596 g/mol. The van der Waals surface area contributed by atoms with Crippen LogP contribution in [0.1, 0.15) is 10.4 Å². The zero-order valence-electron chi connectivity index (χ0n) is 21.1. The summed E-state index contributed by atoms with van der Waals surface area (Å²) in [5.74, 6) is 0.0528. The van der Waals surface area contributed by atoms with Crippen molar-refractivity contribution in [2.45, 2.75) is 20.9 Å². The van der Waals surface area contributed by atoms with Crippen LogP contribution in [-0.2, 0) is 19.7 Å². The predicted molar refractivity (Wildman–Crippen MR) is 152 cm³/mol. The number of amides is 2. The minimum atomic E-state index is -3.96. The number of thioether (sulfide) groups is 1. The number of amidine groups is 1. The number of carbonyl (C=O) groups is 1. The number of hydrogen-bond donors (Lipinski definition) is 4. The van der Waals surface area contributed by atoms with Gasteiger partial charge in [0.1, 0.15) is 21.4 Å². The Morgan fingerprint density at radius 3 is 2.47 bits per heavy atom. The number of methoxy groups -OCH3 is 1. The summed E-state index contributed by atoms with van der Waals surface area (Å²) < 4.78 is 55.8. The van der Waals surface area contributed by atoms with E-state index >= 15 is 0 Å². The van der Waals surface area contributed by atoms with Crippen molar-refractivity contribution in [2.75, 3.05) is 37.2 Å². The van der Waals surface area contributed by atoms with E-state index in [0.717, 1.165) is 17.6 Å². The van der Waals surface area contributed by atoms with Gasteiger partial charge in [-0.3, -0.25) is 5.41 Å². The van der Waals surface area contributed by atoms with Gasteiger partial charge in [0.2, 0.25) is 9.84 Å². The van der Waals surface area contributed by atoms with Gasteiger partial charge in [0, 0.05) is 24.4 Å². The number of urea groups is 1. The molecule has 5 N–H and O–H groups in total. The number of benzene rings is 2. The summed E-state index contributed by atoms with van der Waals surface area (Å²) in [6.45, 7) is 1.73. The molecule has 0 bridgehead atoms. The van der Waals surface area contributed by atoms with Crippen LogP contribution >= 0.6 is 23.1 Å². The summed E-state index contributed by atoms with van der Waals surface area (Å²) >= 11 is 2.40. The van der Waals surface area contributed by atoms with E-state index in [1.807, 2.05) is 0 Å². The lowest BCUT2D eigenvalue weighted by Gasteiger charge is -2.17. The molecule has 3 rings (SSSR count). The molecule has 10 nitrogen and oxygen atoms in total. The summed E-state index contributed by atoms with van der Waals surface area (Å²) in [6.07, 6.45) is 2.83. The van der Waals surface area contributed by atoms with Crippen LogP contribution in [0.15, 0.2) is 56.5 Å². The Labute approximate surface area is 230 Å². The van der Waals surface area contributed by atoms with E-state index in [1.54, 1.807) is 37.4 Å². The first-order valence-electron chi connectivity index (χ1n) is 11.1. The van der Waals surface area contributed by atoms with E-state index < -0.39 is 25.7 Å². The molecule has 2 amide bonds. The number of sulfone groups is 2. The summed E-state index contributed by atoms with van der Waals surface area (Å²) in [5.41, 5.74) is 7.76. The lowest BCUT2D eigenvalue weighted by atomic mass is 9.98. The van der Waals surface area contributed by atoms with Gasteiger partial charge in [-0.25, -0.2) is 21.6 Å². The van der Waals surface area contributed by atoms with Crippen LogP contribution in [0.3, 0.4) is 0 Å². The maximum absolute atomic E-state index is 13.6. The number of nitrogens with two attached hydrogens (primary N) is 1. The van der Waals surface area contributed by atoms with E-state index in [-0.39, 0.29) is 27.9 Å². The molecule has 3 aromatic rings. The van der Waals surface area contributed by atoms with Crippen molar-refractivity contribution in [2.24, 2.45) is 5.73 Å². The summed E-state index contributed by atoms with van der Waals surface area (Å²) in [5, 5.41) is 12.9. The lowest BCUT2D eigenvalue weighted by Crippen LogP contribution is -2.32. The number of anilines is 1. The molecule has 0 atom stereocenters. The Kier molecular flexibility index (Phi) is 9.13. The third-order valence-corrected chi connectivity index (χ3v) is 10.7. The number of nitrogens with one attached hydrogen (secondary N) is 3. The van der Waals surface area contributed by atoms with Crippen molar-refractivity contribution in [3.63, 3.8) is 0 Å². The van der Waals surface area contributed by atoms with Gasteiger partial charge in [0.15, 0.2) is 0 Å². The molecule has 0 spiro atoms. The molecular weight excluding hydrogens is 569 g/mol. The van der Waals surface area contributed by atoms with Gasteiger partial charge in [-0.05, 0) is 48.6 Å². The van der Waals surface area contributed by atoms with Gasteiger partial charge in [-0.15, -0.1) is 23.1 Å². The zero-order valence-corrected chi connectivity index (χ0v) is 24.4. The number of aryl methyl sites for hydroxylation is 1. The van der Waals surface area contributed by atoms with Gasteiger partial charge < -0.3 is 21.1 Å². The summed E-state index contributed by atoms with van der Waals surface area (Å²) in [7, 11) is -5.72. The van der Waals surface area contributed by atoms with Crippen LogP contribution in [0, 0.1) is 12.3 Å². The average Bonchev–Trinajstić information content (AvgIpc) is 3.29. The molecule has 0 unspecified atom stereocenters. The molecule has 2 aromatic carbocycles. The smallest absolute Gasteiger partial charge is 0.319 e. The fourth-order valence-electron chi connectivity index (χ4n) is 3.64. The number of thiophene rings is 1. The highest BCUT2D eigenvalue weighted by Crippen LogP contribution is 2.39. The number of nitrogen functional groups attached to an aromatic ring is 1. The number of hydrogen-bond acceptors (Lipinski definition) is 9. The second-order valence-corrected chi connectivity index (χ2v) is 14.6. The maximum atomic E-state index is 13.6. The van der Waals surface area contributed by atoms with Crippen molar-refractivity contribution >= 4 is 60.3 Å². The van der Waals surface area contributed by atoms with E-state index in [4.69, 9.17) is 15.9 Å². The molecule has 1 heterocycles. The number of carbonyl (C=O) groups excluding carboxylic acids is 1. The molecule has 0 saturated heterocycles. The maximum Gasteiger partial charge on any atom is 0.319 e. The Morgan fingerprint density at radius 1 is 1.16 bits per heavy atom. The van der Waals surface area contributed by atoms with Gasteiger partial charge in [0.25, 0.3) is 0 Å². The normalized spacial score (nSPS) is 11.7. The predicted octanol–water partition coefficient (Wildman–Crippen LogP) is 3.74. The minimum Gasteiger partial charge on any atom is -0.497 e. The molecular formula is C24H28N4O6S4. The van der Waals surface area contributed by atoms with E-state index in [0.29, 0.717) is 37.2 Å². The lowest BCUT2D eigenvalue weighted by molar-refractivity contribution is 0.252. The van der Waals surface area contributed by atoms with Crippen LogP contribution in [0.25, 0.3) is 11.1 Å². The summed E-state index contributed by atoms with van der Waals surface area (Å²) in [6, 6.07) is 10.5. The van der Waals surface area contributed by atoms with Crippen molar-refractivity contribution < 1.29 is 26.4 Å². The van der Waals surface area contributed by atoms with Gasteiger partial charge in [-0.1, -0.05) is 12.1 Å². The van der Waals surface area contributed by atoms with Crippen LogP contribution in [0.5, 0.6) is 5.75 Å². The third kappa shape index (κ3) is 6.87. The van der Waals surface area contributed by atoms with E-state index in [2.05, 4.69) is 10.6 Å². The Hall–Kier alpha value is -3.07. The molecule has 1 aromatic heterocycles. The Bertz CT molecular complexity index is 1600. The fourth-order valence-corrected chi connectivity index (χ4v) is 8.01. The van der Waals surface area contributed by atoms with Crippen molar-refractivity contribution in [1.29, 1.82) is 5.41 Å². The first-order valence-corrected chi connectivity index (χ1v) is 16.6. The standard InChI is InChI=1S/C24H28N4O6S4/c1-14-10-16(34-2)12-18(28-24(29)27-8-9-37(4,30)31)21(14)15-6-5-7-17(11-15)38(32,33)20-13-19(22(25)26)36-23(20)35-3/h5-7,10-13H,8-9H2,1-4H3,(H3,25,26)(H2,27,28,29). The zero-order chi connectivity index (χ0) is 28.3. The molecule has 0 aliphatic heterocycles. The highest BCUT2D eigenvalue weighted by molar-refractivity contribution is 8.01. The third-order valence-electron chi connectivity index (χ3n) is 5.39. The van der Waals surface area contributed by atoms with Gasteiger partial charge in [0.05, 0.1) is 37.4 Å². The molecule has 0 fully saturated rings. The van der Waals surface area contributed by atoms with Crippen LogP contribution in [0.2, 0.25) is 0 Å². The molecule has 204 valence electrons. The molecule has 0 radical (unpaired) electrons. The van der Waals surface area contributed by atoms with Crippen molar-refractivity contribution in [3.05, 3.63) is 52.9 Å². The van der Waals surface area contributed by atoms with E-state index in [9.17, 15) is 21.6 Å². The molecule has 38 heavy (non-hydrogen) atoms. The highest BCUT2D eigenvalue weighted by Gasteiger charge is 2.26. The Balaban J connectivity index is 2.05. The first kappa shape index (κ1) is 29.5. The van der Waals surface area contributed by atoms with Crippen molar-refractivity contribution in [3.8, 4) is 16.9 Å². The van der Waals surface area contributed by atoms with Gasteiger partial charge in [-0.2, -0.15) is 0 Å². The van der Waals surface area contributed by atoms with Crippen LogP contribution in [0.4, 0.5) is 10.5 Å². The molecule has 14 heteroatoms. The minimum absolute atomic E-state index is 0.0389. The second kappa shape index (κ2) is 11.8. The summed E-state index contributed by atoms with van der Waals surface area (Å²) in [4.78, 5) is 13.0. The SMILES string of the molecule is COc1cc(C)c(-c2cccc(S(=O)(=O)c3cc(C(=N)N)sc3SC)c2)c(NC(=O)NCCS(C)(=O)=O)c1. The highest BCUT2D eigenvalue weighted by atomic mass is 32.2. The van der Waals surface area contributed by atoms with Crippen LogP contribution in [-0.4, -0.2) is 60.6 Å². The van der Waals surface area contributed by atoms with Crippen molar-refractivity contribution in [1.82, 2.24) is 5.32 Å². The van der Waals surface area contributed by atoms with Gasteiger partial charge >= 0.3 is 6.03 Å². The largest absolute Gasteiger partial charge is 0.497 e. The first-order chi connectivity index (χ1) is 17.8. The quantitative estimate of drug-likeness (QED) is 0.156. The molecule has 0 aliphatic rings. The topological polar surface area (TPSA) is 169 Å². The fraction of sp³-hybridized carbons (Fsp3) is 0.250. The molecule has 0 saturated carbocycles. The number of ether oxygens (including phenoxy) is 1. The van der Waals surface area contributed by atoms with E-state index in [1.165, 1.54) is 37.1 Å². The Morgan fingerprint density at radius 2 is 1.87 bits per heavy atom. The number of rotatable bonds is 10. The van der Waals surface area contributed by atoms with Crippen LogP contribution < -0.4 is 21.1 Å². The second-order valence-electron chi connectivity index (χ2n) is 8.29. The molecule has 0 aliphatic carbocycles.